The first-order chi connectivity index (χ1) is 6.81. The quantitative estimate of drug-likeness (QED) is 0.776. The second-order valence-corrected chi connectivity index (χ2v) is 3.31. The van der Waals surface area contributed by atoms with Crippen molar-refractivity contribution >= 4 is 28.8 Å². The van der Waals surface area contributed by atoms with E-state index in [0.717, 1.165) is 24.7 Å². The van der Waals surface area contributed by atoms with Crippen LogP contribution in [0.3, 0.4) is 0 Å². The number of fused-ring (bicyclic) bond motifs is 1. The Morgan fingerprint density at radius 2 is 2.36 bits per heavy atom. The molecule has 2 heterocycles. The molecular formula is C7H9N5OS. The van der Waals surface area contributed by atoms with Gasteiger partial charge in [0.05, 0.1) is 11.7 Å². The lowest BCUT2D eigenvalue weighted by Crippen LogP contribution is -2.13. The molecule has 0 aliphatic heterocycles. The largest absolute Gasteiger partial charge is 0.356 e. The fourth-order valence-corrected chi connectivity index (χ4v) is 1.52. The lowest BCUT2D eigenvalue weighted by Gasteiger charge is -2.01. The molecule has 2 rings (SSSR count). The van der Waals surface area contributed by atoms with Gasteiger partial charge < -0.3 is 5.32 Å². The second kappa shape index (κ2) is 3.70. The Balaban J connectivity index is 2.43. The molecule has 0 aromatic carbocycles. The first-order valence-electron chi connectivity index (χ1n) is 4.27. The molecule has 0 spiro atoms. The maximum absolute atomic E-state index is 11.4. The molecule has 2 N–H and O–H groups in total. The van der Waals surface area contributed by atoms with Gasteiger partial charge in [0, 0.05) is 6.54 Å². The number of nitrogens with one attached hydrogen (secondary N) is 2. The van der Waals surface area contributed by atoms with E-state index in [4.69, 9.17) is 0 Å². The lowest BCUT2D eigenvalue weighted by molar-refractivity contribution is 0.952. The minimum atomic E-state index is -0.248. The van der Waals surface area contributed by atoms with Crippen molar-refractivity contribution in [3.8, 4) is 0 Å². The smallest absolute Gasteiger partial charge is 0.281 e. The third kappa shape index (κ3) is 1.58. The van der Waals surface area contributed by atoms with Gasteiger partial charge in [-0.3, -0.25) is 9.78 Å². The van der Waals surface area contributed by atoms with Crippen molar-refractivity contribution in [3.63, 3.8) is 0 Å². The number of hydrogen-bond donors (Lipinski definition) is 2. The van der Waals surface area contributed by atoms with Crippen molar-refractivity contribution in [2.75, 3.05) is 11.9 Å². The molecule has 0 saturated carbocycles. The molecule has 0 atom stereocenters. The summed E-state index contributed by atoms with van der Waals surface area (Å²) in [6, 6.07) is 0. The van der Waals surface area contributed by atoms with Crippen LogP contribution in [0, 0.1) is 0 Å². The summed E-state index contributed by atoms with van der Waals surface area (Å²) in [5, 5.41) is 2.99. The van der Waals surface area contributed by atoms with Crippen molar-refractivity contribution in [3.05, 3.63) is 10.4 Å². The topological polar surface area (TPSA) is 83.6 Å². The number of anilines is 1. The number of aromatic amines is 1. The zero-order valence-electron chi connectivity index (χ0n) is 7.57. The molecule has 2 aromatic heterocycles. The van der Waals surface area contributed by atoms with Gasteiger partial charge in [-0.05, 0) is 6.42 Å². The maximum Gasteiger partial charge on any atom is 0.281 e. The van der Waals surface area contributed by atoms with Crippen molar-refractivity contribution in [2.45, 2.75) is 13.3 Å². The minimum absolute atomic E-state index is 0.248. The molecule has 14 heavy (non-hydrogen) atoms. The predicted molar refractivity (Wildman–Crippen MR) is 54.6 cm³/mol. The van der Waals surface area contributed by atoms with E-state index in [1.165, 1.54) is 0 Å². The number of hydrogen-bond acceptors (Lipinski definition) is 6. The zero-order valence-corrected chi connectivity index (χ0v) is 8.39. The van der Waals surface area contributed by atoms with Crippen molar-refractivity contribution in [2.24, 2.45) is 0 Å². The van der Waals surface area contributed by atoms with Crippen LogP contribution in [0.5, 0.6) is 0 Å². The Kier molecular flexibility index (Phi) is 2.40. The van der Waals surface area contributed by atoms with Crippen LogP contribution in [0.2, 0.25) is 0 Å². The van der Waals surface area contributed by atoms with Crippen molar-refractivity contribution < 1.29 is 0 Å². The Morgan fingerprint density at radius 3 is 3.14 bits per heavy atom. The number of rotatable bonds is 3. The molecule has 74 valence electrons. The summed E-state index contributed by atoms with van der Waals surface area (Å²) >= 11 is 0.989. The van der Waals surface area contributed by atoms with E-state index in [2.05, 4.69) is 24.0 Å². The summed E-state index contributed by atoms with van der Waals surface area (Å²) < 4.78 is 7.74. The molecule has 0 bridgehead atoms. The van der Waals surface area contributed by atoms with Gasteiger partial charge >= 0.3 is 0 Å². The van der Waals surface area contributed by atoms with E-state index in [9.17, 15) is 4.79 Å². The molecule has 7 heteroatoms. The summed E-state index contributed by atoms with van der Waals surface area (Å²) in [5.41, 5.74) is 0.455. The summed E-state index contributed by atoms with van der Waals surface area (Å²) in [7, 11) is 0. The fourth-order valence-electron chi connectivity index (χ4n) is 1.03. The highest BCUT2D eigenvalue weighted by Gasteiger charge is 2.06. The SMILES string of the molecule is CCCNc1nc2nsnc2c(=O)[nH]1. The van der Waals surface area contributed by atoms with Crippen LogP contribution >= 0.6 is 11.7 Å². The maximum atomic E-state index is 11.4. The van der Waals surface area contributed by atoms with Gasteiger partial charge in [0.25, 0.3) is 5.56 Å². The summed E-state index contributed by atoms with van der Waals surface area (Å²) in [6.07, 6.45) is 0.969. The average Bonchev–Trinajstić information content (AvgIpc) is 2.63. The molecule has 0 unspecified atom stereocenters. The van der Waals surface area contributed by atoms with Crippen LogP contribution in [0.1, 0.15) is 13.3 Å². The number of aromatic nitrogens is 4. The van der Waals surface area contributed by atoms with E-state index in [0.29, 0.717) is 17.1 Å². The van der Waals surface area contributed by atoms with Gasteiger partial charge in [0.2, 0.25) is 11.6 Å². The summed E-state index contributed by atoms with van der Waals surface area (Å²) in [5.74, 6) is 0.456. The number of H-pyrrole nitrogens is 1. The molecule has 2 aromatic rings. The van der Waals surface area contributed by atoms with E-state index < -0.39 is 0 Å². The van der Waals surface area contributed by atoms with Gasteiger partial charge in [-0.25, -0.2) is 0 Å². The van der Waals surface area contributed by atoms with Gasteiger partial charge in [-0.2, -0.15) is 13.7 Å². The standard InChI is InChI=1S/C7H9N5OS/c1-2-3-8-7-9-5-4(6(13)10-7)11-14-12-5/h2-3H2,1H3,(H2,8,9,10,12,13). The highest BCUT2D eigenvalue weighted by Crippen LogP contribution is 2.04. The van der Waals surface area contributed by atoms with Gasteiger partial charge in [0.1, 0.15) is 0 Å². The molecule has 0 saturated heterocycles. The van der Waals surface area contributed by atoms with E-state index in [-0.39, 0.29) is 5.56 Å². The van der Waals surface area contributed by atoms with Gasteiger partial charge in [-0.15, -0.1) is 0 Å². The van der Waals surface area contributed by atoms with E-state index >= 15 is 0 Å². The molecule has 0 fully saturated rings. The molecule has 0 aliphatic carbocycles. The zero-order chi connectivity index (χ0) is 9.97. The van der Waals surface area contributed by atoms with E-state index in [1.807, 2.05) is 6.92 Å². The fraction of sp³-hybridized carbons (Fsp3) is 0.429. The average molecular weight is 211 g/mol. The molecule has 6 nitrogen and oxygen atoms in total. The number of nitrogens with zero attached hydrogens (tertiary/aromatic N) is 3. The van der Waals surface area contributed by atoms with Crippen LogP contribution in [0.25, 0.3) is 11.2 Å². The molecule has 0 amide bonds. The monoisotopic (exact) mass is 211 g/mol. The highest BCUT2D eigenvalue weighted by molar-refractivity contribution is 7.00. The van der Waals surface area contributed by atoms with Crippen molar-refractivity contribution in [1.82, 2.24) is 18.7 Å². The van der Waals surface area contributed by atoms with Crippen LogP contribution < -0.4 is 10.9 Å². The molecule has 0 aliphatic rings. The Morgan fingerprint density at radius 1 is 1.50 bits per heavy atom. The molecule has 0 radical (unpaired) electrons. The van der Waals surface area contributed by atoms with Crippen LogP contribution in [0.4, 0.5) is 5.95 Å². The normalized spacial score (nSPS) is 10.6. The van der Waals surface area contributed by atoms with Gasteiger partial charge in [0.15, 0.2) is 5.52 Å². The summed E-state index contributed by atoms with van der Waals surface area (Å²) in [4.78, 5) is 18.1. The third-order valence-corrected chi connectivity index (χ3v) is 2.20. The van der Waals surface area contributed by atoms with Gasteiger partial charge in [-0.1, -0.05) is 6.92 Å². The highest BCUT2D eigenvalue weighted by atomic mass is 32.1. The van der Waals surface area contributed by atoms with E-state index in [1.54, 1.807) is 0 Å². The summed E-state index contributed by atoms with van der Waals surface area (Å²) in [6.45, 7) is 2.81. The van der Waals surface area contributed by atoms with Crippen LogP contribution in [0.15, 0.2) is 4.79 Å². The Labute approximate surface area is 83.7 Å². The van der Waals surface area contributed by atoms with Crippen LogP contribution in [-0.2, 0) is 0 Å². The third-order valence-electron chi connectivity index (χ3n) is 1.68. The first kappa shape index (κ1) is 9.07. The lowest BCUT2D eigenvalue weighted by atomic mass is 10.5. The second-order valence-electron chi connectivity index (χ2n) is 2.78. The molecular weight excluding hydrogens is 202 g/mol. The predicted octanol–water partition coefficient (Wildman–Crippen LogP) is 0.596. The van der Waals surface area contributed by atoms with Crippen LogP contribution in [-0.4, -0.2) is 25.3 Å². The van der Waals surface area contributed by atoms with Crippen molar-refractivity contribution in [1.29, 1.82) is 0 Å². The first-order valence-corrected chi connectivity index (χ1v) is 5.00. The minimum Gasteiger partial charge on any atom is -0.356 e. The Bertz CT molecular complexity index is 490. The Hall–Kier alpha value is -1.50.